The zero-order valence-electron chi connectivity index (χ0n) is 13.7. The molecule has 2 aliphatic rings. The Kier molecular flexibility index (Phi) is 5.28. The lowest BCUT2D eigenvalue weighted by atomic mass is 9.87. The van der Waals surface area contributed by atoms with Gasteiger partial charge in [-0.25, -0.2) is 4.79 Å². The van der Waals surface area contributed by atoms with Crippen LogP contribution in [0, 0.1) is 11.8 Å². The number of hydrogen-bond acceptors (Lipinski definition) is 3. The summed E-state index contributed by atoms with van der Waals surface area (Å²) in [4.78, 5) is 26.4. The van der Waals surface area contributed by atoms with Gasteiger partial charge >= 0.3 is 6.09 Å². The number of carbonyl (C=O) groups excluding carboxylic acids is 2. The maximum atomic E-state index is 12.6. The van der Waals surface area contributed by atoms with Crippen LogP contribution in [0.2, 0.25) is 0 Å². The number of ether oxygens (including phenoxy) is 1. The first-order valence-electron chi connectivity index (χ1n) is 8.38. The van der Waals surface area contributed by atoms with E-state index in [1.165, 1.54) is 25.7 Å². The van der Waals surface area contributed by atoms with Gasteiger partial charge in [0.1, 0.15) is 11.4 Å². The molecule has 1 unspecified atom stereocenters. The second kappa shape index (κ2) is 6.80. The Hall–Kier alpha value is -1.06. The van der Waals surface area contributed by atoms with Gasteiger partial charge < -0.3 is 9.64 Å². The lowest BCUT2D eigenvalue weighted by Gasteiger charge is -2.24. The highest BCUT2D eigenvalue weighted by Crippen LogP contribution is 2.29. The van der Waals surface area contributed by atoms with Crippen molar-refractivity contribution in [2.45, 2.75) is 71.3 Å². The largest absolute Gasteiger partial charge is 0.444 e. The number of ketones is 1. The van der Waals surface area contributed by atoms with Gasteiger partial charge in [-0.05, 0) is 40.0 Å². The fourth-order valence-corrected chi connectivity index (χ4v) is 3.38. The van der Waals surface area contributed by atoms with E-state index in [4.69, 9.17) is 4.74 Å². The SMILES string of the molecule is CC(C)(C)OC(=O)N1CCC(C(=O)C2CCCCCC2)C1. The molecule has 21 heavy (non-hydrogen) atoms. The average Bonchev–Trinajstić information content (AvgIpc) is 2.72. The van der Waals surface area contributed by atoms with E-state index in [0.717, 1.165) is 19.3 Å². The third-order valence-electron chi connectivity index (χ3n) is 4.50. The monoisotopic (exact) mass is 295 g/mol. The summed E-state index contributed by atoms with van der Waals surface area (Å²) >= 11 is 0. The van der Waals surface area contributed by atoms with Crippen molar-refractivity contribution in [3.8, 4) is 0 Å². The van der Waals surface area contributed by atoms with Crippen molar-refractivity contribution in [1.82, 2.24) is 4.90 Å². The highest BCUT2D eigenvalue weighted by Gasteiger charge is 2.36. The first-order valence-corrected chi connectivity index (χ1v) is 8.38. The van der Waals surface area contributed by atoms with Gasteiger partial charge in [-0.15, -0.1) is 0 Å². The summed E-state index contributed by atoms with van der Waals surface area (Å²) in [6.45, 7) is 6.81. The van der Waals surface area contributed by atoms with Gasteiger partial charge in [-0.2, -0.15) is 0 Å². The average molecular weight is 295 g/mol. The van der Waals surface area contributed by atoms with Crippen molar-refractivity contribution < 1.29 is 14.3 Å². The zero-order chi connectivity index (χ0) is 15.5. The van der Waals surface area contributed by atoms with E-state index >= 15 is 0 Å². The molecule has 1 aliphatic heterocycles. The molecule has 1 amide bonds. The first kappa shape index (κ1) is 16.3. The molecule has 1 aliphatic carbocycles. The van der Waals surface area contributed by atoms with Crippen LogP contribution in [-0.4, -0.2) is 35.5 Å². The van der Waals surface area contributed by atoms with Gasteiger partial charge in [0.15, 0.2) is 0 Å². The highest BCUT2D eigenvalue weighted by molar-refractivity contribution is 5.84. The van der Waals surface area contributed by atoms with Crippen molar-refractivity contribution in [3.63, 3.8) is 0 Å². The van der Waals surface area contributed by atoms with Crippen LogP contribution in [0.1, 0.15) is 65.7 Å². The van der Waals surface area contributed by atoms with Gasteiger partial charge in [0, 0.05) is 24.9 Å². The van der Waals surface area contributed by atoms with Crippen LogP contribution in [0.15, 0.2) is 0 Å². The van der Waals surface area contributed by atoms with E-state index < -0.39 is 5.60 Å². The first-order chi connectivity index (χ1) is 9.87. The molecular formula is C17H29NO3. The Morgan fingerprint density at radius 1 is 0.952 bits per heavy atom. The van der Waals surface area contributed by atoms with Gasteiger partial charge in [0.2, 0.25) is 0 Å². The molecule has 0 N–H and O–H groups in total. The number of Topliss-reactive ketones (excluding diaryl/α,β-unsaturated/α-hetero) is 1. The molecule has 0 aromatic carbocycles. The summed E-state index contributed by atoms with van der Waals surface area (Å²) in [7, 11) is 0. The van der Waals surface area contributed by atoms with E-state index in [-0.39, 0.29) is 17.9 Å². The van der Waals surface area contributed by atoms with Crippen LogP contribution in [0.25, 0.3) is 0 Å². The van der Waals surface area contributed by atoms with Crippen molar-refractivity contribution in [3.05, 3.63) is 0 Å². The van der Waals surface area contributed by atoms with Crippen LogP contribution in [0.5, 0.6) is 0 Å². The molecule has 1 atom stereocenters. The van der Waals surface area contributed by atoms with Gasteiger partial charge in [-0.1, -0.05) is 25.7 Å². The molecule has 120 valence electrons. The molecule has 2 fully saturated rings. The van der Waals surface area contributed by atoms with Crippen molar-refractivity contribution in [1.29, 1.82) is 0 Å². The Morgan fingerprint density at radius 2 is 1.57 bits per heavy atom. The second-order valence-electron chi connectivity index (χ2n) is 7.50. The molecule has 4 heteroatoms. The fourth-order valence-electron chi connectivity index (χ4n) is 3.38. The second-order valence-corrected chi connectivity index (χ2v) is 7.50. The highest BCUT2D eigenvalue weighted by atomic mass is 16.6. The minimum Gasteiger partial charge on any atom is -0.444 e. The van der Waals surface area contributed by atoms with E-state index in [1.54, 1.807) is 4.90 Å². The van der Waals surface area contributed by atoms with E-state index in [9.17, 15) is 9.59 Å². The molecule has 0 aromatic heterocycles. The number of rotatable bonds is 2. The van der Waals surface area contributed by atoms with Crippen LogP contribution < -0.4 is 0 Å². The predicted octanol–water partition coefficient (Wildman–Crippen LogP) is 3.78. The van der Waals surface area contributed by atoms with Crippen molar-refractivity contribution in [2.24, 2.45) is 11.8 Å². The maximum Gasteiger partial charge on any atom is 0.410 e. The summed E-state index contributed by atoms with van der Waals surface area (Å²) < 4.78 is 5.39. The number of amides is 1. The molecule has 0 radical (unpaired) electrons. The summed E-state index contributed by atoms with van der Waals surface area (Å²) in [5.41, 5.74) is -0.472. The molecule has 1 saturated carbocycles. The van der Waals surface area contributed by atoms with Crippen LogP contribution in [-0.2, 0) is 9.53 Å². The van der Waals surface area contributed by atoms with Gasteiger partial charge in [-0.3, -0.25) is 4.79 Å². The van der Waals surface area contributed by atoms with E-state index in [0.29, 0.717) is 18.9 Å². The van der Waals surface area contributed by atoms with Gasteiger partial charge in [0.25, 0.3) is 0 Å². The molecule has 1 saturated heterocycles. The quantitative estimate of drug-likeness (QED) is 0.728. The summed E-state index contributed by atoms with van der Waals surface area (Å²) in [5.74, 6) is 0.652. The Labute approximate surface area is 128 Å². The van der Waals surface area contributed by atoms with E-state index in [1.807, 2.05) is 20.8 Å². The smallest absolute Gasteiger partial charge is 0.410 e. The standard InChI is InChI=1S/C17H29NO3/c1-17(2,3)21-16(20)18-11-10-14(12-18)15(19)13-8-6-4-5-7-9-13/h13-14H,4-12H2,1-3H3. The Morgan fingerprint density at radius 3 is 2.14 bits per heavy atom. The van der Waals surface area contributed by atoms with Crippen molar-refractivity contribution >= 4 is 11.9 Å². The van der Waals surface area contributed by atoms with Crippen LogP contribution in [0.3, 0.4) is 0 Å². The third-order valence-corrected chi connectivity index (χ3v) is 4.50. The summed E-state index contributed by atoms with van der Waals surface area (Å²) in [6, 6.07) is 0. The molecule has 0 aromatic rings. The lowest BCUT2D eigenvalue weighted by Crippen LogP contribution is -2.36. The molecule has 0 bridgehead atoms. The Balaban J connectivity index is 1.86. The number of likely N-dealkylation sites (tertiary alicyclic amines) is 1. The molecule has 2 rings (SSSR count). The summed E-state index contributed by atoms with van der Waals surface area (Å²) in [5, 5.41) is 0. The van der Waals surface area contributed by atoms with E-state index in [2.05, 4.69) is 0 Å². The summed E-state index contributed by atoms with van der Waals surface area (Å²) in [6.07, 6.45) is 7.49. The Bertz CT molecular complexity index is 378. The molecule has 1 heterocycles. The van der Waals surface area contributed by atoms with Crippen LogP contribution in [0.4, 0.5) is 4.79 Å². The molecular weight excluding hydrogens is 266 g/mol. The molecule has 0 spiro atoms. The predicted molar refractivity (Wildman–Crippen MR) is 82.1 cm³/mol. The number of carbonyl (C=O) groups is 2. The number of nitrogens with zero attached hydrogens (tertiary/aromatic N) is 1. The lowest BCUT2D eigenvalue weighted by molar-refractivity contribution is -0.126. The fraction of sp³-hybridized carbons (Fsp3) is 0.882. The topological polar surface area (TPSA) is 46.6 Å². The van der Waals surface area contributed by atoms with Gasteiger partial charge in [0.05, 0.1) is 0 Å². The minimum absolute atomic E-state index is 0.0284. The third kappa shape index (κ3) is 4.72. The number of hydrogen-bond donors (Lipinski definition) is 0. The maximum absolute atomic E-state index is 12.6. The zero-order valence-corrected chi connectivity index (χ0v) is 13.7. The van der Waals surface area contributed by atoms with Crippen molar-refractivity contribution in [2.75, 3.05) is 13.1 Å². The van der Waals surface area contributed by atoms with Crippen LogP contribution >= 0.6 is 0 Å². The normalized spacial score (nSPS) is 24.7. The molecule has 4 nitrogen and oxygen atoms in total. The minimum atomic E-state index is -0.472.